The van der Waals surface area contributed by atoms with Crippen molar-refractivity contribution < 1.29 is 61.3 Å². The summed E-state index contributed by atoms with van der Waals surface area (Å²) in [6, 6.07) is 10.7. The number of carboxylic acid groups (broad SMARTS) is 1. The Labute approximate surface area is 155 Å². The summed E-state index contributed by atoms with van der Waals surface area (Å²) >= 11 is 7.46. The van der Waals surface area contributed by atoms with Gasteiger partial charge in [0.05, 0.1) is 5.97 Å². The van der Waals surface area contributed by atoms with Crippen LogP contribution >= 0.6 is 22.9 Å². The Morgan fingerprint density at radius 1 is 1.06 bits per heavy atom. The van der Waals surface area contributed by atoms with Crippen LogP contribution in [0, 0.1) is 0 Å². The summed E-state index contributed by atoms with van der Waals surface area (Å²) in [6.45, 7) is 0. The Kier molecular flexibility index (Phi) is 4.49. The second-order valence-electron chi connectivity index (χ2n) is 3.74. The van der Waals surface area contributed by atoms with Gasteiger partial charge in [0.25, 0.3) is 0 Å². The molecule has 2 nitrogen and oxygen atoms in total. The molecule has 0 aliphatic carbocycles. The first-order valence-corrected chi connectivity index (χ1v) is 6.18. The number of halogens is 1. The molecule has 1 heterocycles. The Hall–Kier alpha value is 0.0564. The number of fused-ring (bicyclic) bond motifs is 3. The molecular weight excluding hydrogens is 295 g/mol. The van der Waals surface area contributed by atoms with Crippen LogP contribution < -0.4 is 56.5 Å². The van der Waals surface area contributed by atoms with E-state index in [4.69, 9.17) is 11.6 Å². The Balaban J connectivity index is 0.00000120. The van der Waals surface area contributed by atoms with E-state index < -0.39 is 5.97 Å². The number of carbonyl (C=O) groups excluding carboxylic acids is 1. The maximum atomic E-state index is 10.8. The van der Waals surface area contributed by atoms with E-state index in [0.717, 1.165) is 20.2 Å². The fourth-order valence-electron chi connectivity index (χ4n) is 1.88. The molecule has 3 rings (SSSR count). The van der Waals surface area contributed by atoms with E-state index in [9.17, 15) is 9.90 Å². The summed E-state index contributed by atoms with van der Waals surface area (Å²) in [5.74, 6) is -1.15. The van der Waals surface area contributed by atoms with Gasteiger partial charge in [-0.05, 0) is 23.8 Å². The maximum absolute atomic E-state index is 10.8. The summed E-state index contributed by atoms with van der Waals surface area (Å²) < 4.78 is 1.99. The van der Waals surface area contributed by atoms with Gasteiger partial charge in [-0.1, -0.05) is 29.8 Å². The molecule has 1 aromatic heterocycles. The number of carbonyl (C=O) groups is 1. The van der Waals surface area contributed by atoms with Gasteiger partial charge in [0.2, 0.25) is 0 Å². The first kappa shape index (κ1) is 14.5. The third-order valence-electron chi connectivity index (χ3n) is 2.67. The summed E-state index contributed by atoms with van der Waals surface area (Å²) in [5, 5.41) is 13.6. The quantitative estimate of drug-likeness (QED) is 0.597. The van der Waals surface area contributed by atoms with Crippen LogP contribution in [0.15, 0.2) is 36.4 Å². The minimum Gasteiger partial charge on any atom is -0.545 e. The summed E-state index contributed by atoms with van der Waals surface area (Å²) in [6.07, 6.45) is 0. The number of benzene rings is 2. The molecule has 0 aliphatic rings. The average molecular weight is 301 g/mol. The van der Waals surface area contributed by atoms with Crippen LogP contribution in [0.3, 0.4) is 0 Å². The molecule has 0 spiro atoms. The summed E-state index contributed by atoms with van der Waals surface area (Å²) in [7, 11) is 0. The fraction of sp³-hybridized carbons (Fsp3) is 0. The van der Waals surface area contributed by atoms with Gasteiger partial charge in [-0.25, -0.2) is 0 Å². The Morgan fingerprint density at radius 3 is 2.33 bits per heavy atom. The van der Waals surface area contributed by atoms with Crippen molar-refractivity contribution in [1.29, 1.82) is 0 Å². The molecule has 5 heteroatoms. The van der Waals surface area contributed by atoms with Crippen LogP contribution in [-0.4, -0.2) is 5.97 Å². The maximum Gasteiger partial charge on any atom is 1.00 e. The van der Waals surface area contributed by atoms with Crippen LogP contribution in [0.5, 0.6) is 0 Å². The molecule has 0 radical (unpaired) electrons. The van der Waals surface area contributed by atoms with Crippen molar-refractivity contribution >= 4 is 49.1 Å². The van der Waals surface area contributed by atoms with Gasteiger partial charge in [-0.3, -0.25) is 0 Å². The molecule has 0 N–H and O–H groups in total. The third kappa shape index (κ3) is 2.51. The molecule has 0 aliphatic heterocycles. The number of hydrogen-bond donors (Lipinski definition) is 0. The van der Waals surface area contributed by atoms with Crippen LogP contribution in [-0.2, 0) is 0 Å². The molecule has 0 saturated carbocycles. The molecule has 2 aromatic carbocycles. The standard InChI is InChI=1S/C13H7ClO2S.K/c14-8-2-4-10-9-3-1-7(13(15)16)5-11(9)17-12(10)6-8;/h1-6H,(H,15,16);/q;+1/p-1. The second-order valence-corrected chi connectivity index (χ2v) is 5.26. The number of aromatic carboxylic acids is 1. The first-order valence-electron chi connectivity index (χ1n) is 4.98. The Bertz CT molecular complexity index is 751. The molecule has 3 aromatic rings. The summed E-state index contributed by atoms with van der Waals surface area (Å²) in [4.78, 5) is 10.8. The van der Waals surface area contributed by atoms with Crippen molar-refractivity contribution in [2.45, 2.75) is 0 Å². The van der Waals surface area contributed by atoms with E-state index in [-0.39, 0.29) is 56.9 Å². The average Bonchev–Trinajstić information content (AvgIpc) is 2.64. The molecule has 0 fully saturated rings. The van der Waals surface area contributed by atoms with Crippen molar-refractivity contribution in [2.24, 2.45) is 0 Å². The van der Waals surface area contributed by atoms with E-state index in [1.54, 1.807) is 12.1 Å². The summed E-state index contributed by atoms with van der Waals surface area (Å²) in [5.41, 5.74) is 0.204. The predicted molar refractivity (Wildman–Crippen MR) is 68.7 cm³/mol. The smallest absolute Gasteiger partial charge is 0.545 e. The molecule has 18 heavy (non-hydrogen) atoms. The largest absolute Gasteiger partial charge is 1.00 e. The van der Waals surface area contributed by atoms with Crippen LogP contribution in [0.2, 0.25) is 5.02 Å². The minimum atomic E-state index is -1.15. The number of rotatable bonds is 1. The normalized spacial score (nSPS) is 10.5. The SMILES string of the molecule is O=C([O-])c1ccc2c(c1)sc1cc(Cl)ccc12.[K+]. The number of carboxylic acids is 1. The van der Waals surface area contributed by atoms with Crippen molar-refractivity contribution in [2.75, 3.05) is 0 Å². The zero-order valence-corrected chi connectivity index (χ0v) is 14.3. The molecular formula is C13H6ClKO2S. The minimum absolute atomic E-state index is 0. The topological polar surface area (TPSA) is 40.1 Å². The van der Waals surface area contributed by atoms with Crippen molar-refractivity contribution in [3.63, 3.8) is 0 Å². The van der Waals surface area contributed by atoms with E-state index >= 15 is 0 Å². The Morgan fingerprint density at radius 2 is 1.67 bits per heavy atom. The number of hydrogen-bond acceptors (Lipinski definition) is 3. The van der Waals surface area contributed by atoms with E-state index in [0.29, 0.717) is 5.02 Å². The van der Waals surface area contributed by atoms with E-state index in [2.05, 4.69) is 0 Å². The number of thiophene rings is 1. The van der Waals surface area contributed by atoms with Crippen LogP contribution in [0.1, 0.15) is 10.4 Å². The van der Waals surface area contributed by atoms with Crippen molar-refractivity contribution in [1.82, 2.24) is 0 Å². The zero-order chi connectivity index (χ0) is 12.0. The molecule has 0 saturated heterocycles. The molecule has 0 amide bonds. The zero-order valence-electron chi connectivity index (χ0n) is 9.57. The van der Waals surface area contributed by atoms with Gasteiger partial charge in [-0.2, -0.15) is 0 Å². The van der Waals surface area contributed by atoms with Gasteiger partial charge >= 0.3 is 51.4 Å². The molecule has 0 bridgehead atoms. The van der Waals surface area contributed by atoms with Crippen LogP contribution in [0.25, 0.3) is 20.2 Å². The molecule has 0 atom stereocenters. The third-order valence-corrected chi connectivity index (χ3v) is 4.02. The van der Waals surface area contributed by atoms with Crippen LogP contribution in [0.4, 0.5) is 0 Å². The molecule has 0 unspecified atom stereocenters. The van der Waals surface area contributed by atoms with E-state index in [1.165, 1.54) is 11.3 Å². The van der Waals surface area contributed by atoms with Gasteiger partial charge in [0.1, 0.15) is 0 Å². The van der Waals surface area contributed by atoms with Crippen molar-refractivity contribution in [3.05, 3.63) is 47.0 Å². The molecule has 84 valence electrons. The predicted octanol–water partition coefficient (Wildman–Crippen LogP) is 0.0754. The van der Waals surface area contributed by atoms with Gasteiger partial charge < -0.3 is 9.90 Å². The van der Waals surface area contributed by atoms with Gasteiger partial charge in [-0.15, -0.1) is 11.3 Å². The van der Waals surface area contributed by atoms with E-state index in [1.807, 2.05) is 24.3 Å². The first-order chi connectivity index (χ1) is 8.15. The second kappa shape index (κ2) is 5.59. The monoisotopic (exact) mass is 300 g/mol. The van der Waals surface area contributed by atoms with Gasteiger partial charge in [0.15, 0.2) is 0 Å². The fourth-order valence-corrected chi connectivity index (χ4v) is 3.30. The van der Waals surface area contributed by atoms with Crippen molar-refractivity contribution in [3.8, 4) is 0 Å². The van der Waals surface area contributed by atoms with Gasteiger partial charge in [0, 0.05) is 25.2 Å².